The maximum absolute atomic E-state index is 12.5. The Balaban J connectivity index is 2.05. The van der Waals surface area contributed by atoms with Crippen LogP contribution in [0.4, 0.5) is 11.4 Å². The largest absolute Gasteiger partial charge is 0.507 e. The van der Waals surface area contributed by atoms with Crippen molar-refractivity contribution in [3.63, 3.8) is 0 Å². The van der Waals surface area contributed by atoms with Gasteiger partial charge in [-0.1, -0.05) is 12.1 Å². The molecule has 3 rings (SSSR count). The van der Waals surface area contributed by atoms with Crippen LogP contribution in [-0.2, 0) is 10.1 Å². The van der Waals surface area contributed by atoms with Gasteiger partial charge in [0.1, 0.15) is 5.75 Å². The number of nitrogens with zero attached hydrogens (tertiary/aromatic N) is 1. The lowest BCUT2D eigenvalue weighted by atomic mass is 10.1. The SMILES string of the molecule is Cc1cc(C(=O)Nc2cccc3c(O)cc(S(=O)(=O)O)cc23)ccc1[N+](=O)[O-]. The number of hydrogen-bond donors (Lipinski definition) is 3. The number of nitrogens with one attached hydrogen (secondary N) is 1. The van der Waals surface area contributed by atoms with Crippen molar-refractivity contribution in [2.45, 2.75) is 11.8 Å². The quantitative estimate of drug-likeness (QED) is 0.345. The number of aryl methyl sites for hydroxylation is 1. The second-order valence-corrected chi connectivity index (χ2v) is 7.45. The minimum absolute atomic E-state index is 0.121. The van der Waals surface area contributed by atoms with Crippen molar-refractivity contribution in [2.24, 2.45) is 0 Å². The van der Waals surface area contributed by atoms with Crippen LogP contribution < -0.4 is 5.32 Å². The zero-order valence-electron chi connectivity index (χ0n) is 14.4. The van der Waals surface area contributed by atoms with Crippen LogP contribution >= 0.6 is 0 Å². The number of aromatic hydroxyl groups is 1. The number of benzene rings is 3. The molecule has 3 N–H and O–H groups in total. The number of hydrogen-bond acceptors (Lipinski definition) is 6. The van der Waals surface area contributed by atoms with Crippen LogP contribution in [0.5, 0.6) is 5.75 Å². The van der Waals surface area contributed by atoms with E-state index in [1.165, 1.54) is 37.3 Å². The van der Waals surface area contributed by atoms with Gasteiger partial charge < -0.3 is 10.4 Å². The average molecular weight is 402 g/mol. The zero-order chi connectivity index (χ0) is 20.6. The third-order valence-electron chi connectivity index (χ3n) is 4.15. The van der Waals surface area contributed by atoms with Crippen LogP contribution in [-0.4, -0.2) is 28.9 Å². The molecule has 1 amide bonds. The molecule has 0 spiro atoms. The molecule has 0 aliphatic carbocycles. The molecular formula is C18H14N2O7S. The fourth-order valence-corrected chi connectivity index (χ4v) is 3.32. The molecule has 0 unspecified atom stereocenters. The Morgan fingerprint density at radius 1 is 1.11 bits per heavy atom. The van der Waals surface area contributed by atoms with Gasteiger partial charge in [-0.2, -0.15) is 8.42 Å². The van der Waals surface area contributed by atoms with E-state index in [2.05, 4.69) is 5.32 Å². The normalized spacial score (nSPS) is 11.4. The Hall–Kier alpha value is -3.50. The summed E-state index contributed by atoms with van der Waals surface area (Å²) in [6.07, 6.45) is 0. The molecule has 0 aromatic heterocycles. The summed E-state index contributed by atoms with van der Waals surface area (Å²) in [6, 6.07) is 10.5. The molecule has 0 bridgehead atoms. The molecule has 0 saturated carbocycles. The fraction of sp³-hybridized carbons (Fsp3) is 0.0556. The van der Waals surface area contributed by atoms with Gasteiger partial charge in [0.05, 0.1) is 9.82 Å². The predicted octanol–water partition coefficient (Wildman–Crippen LogP) is 3.26. The van der Waals surface area contributed by atoms with Crippen molar-refractivity contribution in [3.8, 4) is 5.75 Å². The molecule has 0 aliphatic rings. The Morgan fingerprint density at radius 3 is 2.43 bits per heavy atom. The molecular weight excluding hydrogens is 388 g/mol. The van der Waals surface area contributed by atoms with Crippen molar-refractivity contribution in [1.29, 1.82) is 0 Å². The summed E-state index contributed by atoms with van der Waals surface area (Å²) in [5.41, 5.74) is 0.542. The Bertz CT molecular complexity index is 1240. The smallest absolute Gasteiger partial charge is 0.294 e. The first-order valence-electron chi connectivity index (χ1n) is 7.87. The molecule has 0 heterocycles. The van der Waals surface area contributed by atoms with Crippen molar-refractivity contribution in [3.05, 3.63) is 69.8 Å². The maximum atomic E-state index is 12.5. The van der Waals surface area contributed by atoms with Crippen LogP contribution in [0.2, 0.25) is 0 Å². The summed E-state index contributed by atoms with van der Waals surface area (Å²) >= 11 is 0. The van der Waals surface area contributed by atoms with Gasteiger partial charge in [0, 0.05) is 39.7 Å². The summed E-state index contributed by atoms with van der Waals surface area (Å²) in [5, 5.41) is 24.0. The molecule has 0 saturated heterocycles. The number of phenols is 1. The van der Waals surface area contributed by atoms with E-state index >= 15 is 0 Å². The van der Waals surface area contributed by atoms with Gasteiger partial charge in [-0.05, 0) is 31.2 Å². The zero-order valence-corrected chi connectivity index (χ0v) is 15.2. The second-order valence-electron chi connectivity index (χ2n) is 6.03. The maximum Gasteiger partial charge on any atom is 0.294 e. The molecule has 144 valence electrons. The van der Waals surface area contributed by atoms with Gasteiger partial charge >= 0.3 is 0 Å². The lowest BCUT2D eigenvalue weighted by Crippen LogP contribution is -2.12. The monoisotopic (exact) mass is 402 g/mol. The fourth-order valence-electron chi connectivity index (χ4n) is 2.79. The number of carbonyl (C=O) groups is 1. The molecule has 28 heavy (non-hydrogen) atoms. The first-order chi connectivity index (χ1) is 13.1. The minimum atomic E-state index is -4.57. The van der Waals surface area contributed by atoms with Crippen LogP contribution in [0, 0.1) is 17.0 Å². The summed E-state index contributed by atoms with van der Waals surface area (Å²) in [6.45, 7) is 1.50. The number of fused-ring (bicyclic) bond motifs is 1. The molecule has 0 aliphatic heterocycles. The standard InChI is InChI=1S/C18H14N2O7S/c1-10-7-11(5-6-16(10)20(23)24)18(22)19-15-4-2-3-13-14(15)8-12(9-17(13)21)28(25,26)27/h2-9,21H,1H3,(H,19,22)(H,25,26,27). The molecule has 10 heteroatoms. The van der Waals surface area contributed by atoms with Crippen LogP contribution in [0.1, 0.15) is 15.9 Å². The molecule has 0 radical (unpaired) electrons. The predicted molar refractivity (Wildman–Crippen MR) is 101 cm³/mol. The van der Waals surface area contributed by atoms with E-state index in [1.54, 1.807) is 6.07 Å². The number of carbonyl (C=O) groups excluding carboxylic acids is 1. The van der Waals surface area contributed by atoms with Gasteiger partial charge in [0.2, 0.25) is 0 Å². The average Bonchev–Trinajstić information content (AvgIpc) is 2.61. The number of nitro benzene ring substituents is 1. The number of amides is 1. The van der Waals surface area contributed by atoms with Gasteiger partial charge in [-0.3, -0.25) is 19.5 Å². The van der Waals surface area contributed by atoms with Gasteiger partial charge in [-0.15, -0.1) is 0 Å². The topological polar surface area (TPSA) is 147 Å². The molecule has 9 nitrogen and oxygen atoms in total. The van der Waals surface area contributed by atoms with Crippen molar-refractivity contribution in [1.82, 2.24) is 0 Å². The molecule has 3 aromatic rings. The van der Waals surface area contributed by atoms with Crippen LogP contribution in [0.3, 0.4) is 0 Å². The van der Waals surface area contributed by atoms with E-state index in [-0.39, 0.29) is 33.5 Å². The van der Waals surface area contributed by atoms with E-state index in [0.717, 1.165) is 12.1 Å². The highest BCUT2D eigenvalue weighted by atomic mass is 32.2. The van der Waals surface area contributed by atoms with Crippen LogP contribution in [0.15, 0.2) is 53.4 Å². The van der Waals surface area contributed by atoms with Crippen molar-refractivity contribution in [2.75, 3.05) is 5.32 Å². The van der Waals surface area contributed by atoms with Gasteiger partial charge in [0.25, 0.3) is 21.7 Å². The highest BCUT2D eigenvalue weighted by Gasteiger charge is 2.17. The Kier molecular flexibility index (Phi) is 4.75. The van der Waals surface area contributed by atoms with E-state index in [0.29, 0.717) is 5.56 Å². The van der Waals surface area contributed by atoms with E-state index < -0.39 is 25.8 Å². The highest BCUT2D eigenvalue weighted by molar-refractivity contribution is 7.85. The number of nitro groups is 1. The summed E-state index contributed by atoms with van der Waals surface area (Å²) < 4.78 is 32.1. The molecule has 3 aromatic carbocycles. The third-order valence-corrected chi connectivity index (χ3v) is 4.98. The number of anilines is 1. The van der Waals surface area contributed by atoms with Crippen molar-refractivity contribution < 1.29 is 27.8 Å². The second kappa shape index (κ2) is 6.91. The summed E-state index contributed by atoms with van der Waals surface area (Å²) in [7, 11) is -4.57. The van der Waals surface area contributed by atoms with Gasteiger partial charge in [-0.25, -0.2) is 0 Å². The minimum Gasteiger partial charge on any atom is -0.507 e. The third kappa shape index (κ3) is 3.63. The molecule has 0 fully saturated rings. The Labute approximate surface area is 159 Å². The number of phenolic OH excluding ortho intramolecular Hbond substituents is 1. The first-order valence-corrected chi connectivity index (χ1v) is 9.31. The first kappa shape index (κ1) is 19.3. The van der Waals surface area contributed by atoms with Crippen LogP contribution in [0.25, 0.3) is 10.8 Å². The highest BCUT2D eigenvalue weighted by Crippen LogP contribution is 2.33. The summed E-state index contributed by atoms with van der Waals surface area (Å²) in [5.74, 6) is -0.963. The van der Waals surface area contributed by atoms with E-state index in [1.807, 2.05) is 0 Å². The van der Waals surface area contributed by atoms with Gasteiger partial charge in [0.15, 0.2) is 0 Å². The van der Waals surface area contributed by atoms with Crippen molar-refractivity contribution >= 4 is 38.2 Å². The Morgan fingerprint density at radius 2 is 1.82 bits per heavy atom. The van der Waals surface area contributed by atoms with E-state index in [4.69, 9.17) is 0 Å². The summed E-state index contributed by atoms with van der Waals surface area (Å²) in [4.78, 5) is 22.4. The lowest BCUT2D eigenvalue weighted by molar-refractivity contribution is -0.385. The lowest BCUT2D eigenvalue weighted by Gasteiger charge is -2.11. The van der Waals surface area contributed by atoms with E-state index in [9.17, 15) is 33.0 Å². The molecule has 0 atom stereocenters. The number of rotatable bonds is 4.